The Morgan fingerprint density at radius 3 is 2.62 bits per heavy atom. The molecule has 3 saturated carbocycles. The van der Waals surface area contributed by atoms with Gasteiger partial charge in [0.25, 0.3) is 10.0 Å². The van der Waals surface area contributed by atoms with Crippen LogP contribution in [0.1, 0.15) is 25.7 Å². The molecule has 0 aliphatic heterocycles. The molecule has 1 aromatic carbocycles. The number of nitrogen functional groups attached to an aromatic ring is 1. The zero-order valence-electron chi connectivity index (χ0n) is 15.2. The topological polar surface area (TPSA) is 130 Å². The van der Waals surface area contributed by atoms with Gasteiger partial charge >= 0.3 is 0 Å². The van der Waals surface area contributed by atoms with Gasteiger partial charge in [-0.25, -0.2) is 22.7 Å². The van der Waals surface area contributed by atoms with Gasteiger partial charge in [-0.1, -0.05) is 18.2 Å². The molecule has 9 nitrogen and oxygen atoms in total. The van der Waals surface area contributed by atoms with Crippen LogP contribution in [0.5, 0.6) is 0 Å². The van der Waals surface area contributed by atoms with Crippen LogP contribution in [0.3, 0.4) is 0 Å². The number of fused-ring (bicyclic) bond motifs is 2. The van der Waals surface area contributed by atoms with Crippen LogP contribution in [-0.2, 0) is 10.0 Å². The first-order valence-corrected chi connectivity index (χ1v) is 11.2. The third kappa shape index (κ3) is 2.42. The lowest BCUT2D eigenvalue weighted by molar-refractivity contribution is 0.181. The number of aromatic nitrogens is 4. The number of anilines is 2. The average molecular weight is 474 g/mol. The molecule has 0 unspecified atom stereocenters. The molecule has 2 N–H and O–H groups in total. The summed E-state index contributed by atoms with van der Waals surface area (Å²) in [6.45, 7) is 0. The number of hydrogen-bond donors (Lipinski definition) is 1. The largest absolute Gasteiger partial charge is 0.381 e. The van der Waals surface area contributed by atoms with E-state index in [-0.39, 0.29) is 22.2 Å². The second-order valence-electron chi connectivity index (χ2n) is 7.66. The number of benzene rings is 1. The number of halogens is 1. The molecule has 2 bridgehead atoms. The van der Waals surface area contributed by atoms with Crippen molar-refractivity contribution in [2.45, 2.75) is 36.1 Å². The average Bonchev–Trinajstić information content (AvgIpc) is 3.34. The van der Waals surface area contributed by atoms with Crippen molar-refractivity contribution in [1.82, 2.24) is 19.6 Å². The van der Waals surface area contributed by atoms with Crippen LogP contribution in [0.2, 0.25) is 0 Å². The summed E-state index contributed by atoms with van der Waals surface area (Å²) in [5, 5.41) is 13.8. The Balaban J connectivity index is 1.77. The van der Waals surface area contributed by atoms with E-state index in [1.807, 2.05) is 0 Å². The van der Waals surface area contributed by atoms with Gasteiger partial charge in [0.2, 0.25) is 0 Å². The van der Waals surface area contributed by atoms with Gasteiger partial charge in [0, 0.05) is 0 Å². The van der Waals surface area contributed by atoms with Crippen molar-refractivity contribution in [3.05, 3.63) is 41.3 Å². The minimum absolute atomic E-state index is 0.146. The fourth-order valence-corrected chi connectivity index (χ4v) is 7.19. The fourth-order valence-electron chi connectivity index (χ4n) is 4.73. The lowest BCUT2D eigenvalue weighted by Gasteiger charge is -2.49. The van der Waals surface area contributed by atoms with E-state index in [1.165, 1.54) is 15.1 Å². The van der Waals surface area contributed by atoms with Gasteiger partial charge in [-0.05, 0) is 53.7 Å². The zero-order chi connectivity index (χ0) is 20.4. The van der Waals surface area contributed by atoms with Crippen LogP contribution in [0, 0.1) is 16.7 Å². The molecular weight excluding hydrogens is 458 g/mol. The zero-order valence-corrected chi connectivity index (χ0v) is 17.6. The van der Waals surface area contributed by atoms with E-state index in [2.05, 4.69) is 37.1 Å². The first-order chi connectivity index (χ1) is 13.8. The summed E-state index contributed by atoms with van der Waals surface area (Å²) in [6.07, 6.45) is 3.47. The van der Waals surface area contributed by atoms with Crippen LogP contribution >= 0.6 is 15.9 Å². The summed E-state index contributed by atoms with van der Waals surface area (Å²) >= 11 is 3.40. The van der Waals surface area contributed by atoms with E-state index in [9.17, 15) is 13.7 Å². The van der Waals surface area contributed by atoms with Crippen LogP contribution in [0.25, 0.3) is 5.65 Å². The predicted octanol–water partition coefficient (Wildman–Crippen LogP) is 2.50. The highest BCUT2D eigenvalue weighted by Gasteiger charge is 2.67. The van der Waals surface area contributed by atoms with Gasteiger partial charge in [0.1, 0.15) is 6.33 Å². The summed E-state index contributed by atoms with van der Waals surface area (Å²) in [5.74, 6) is 0.416. The molecule has 0 radical (unpaired) electrons. The van der Waals surface area contributed by atoms with Crippen molar-refractivity contribution in [2.75, 3.05) is 10.0 Å². The Labute approximate surface area is 175 Å². The molecule has 3 aromatic rings. The summed E-state index contributed by atoms with van der Waals surface area (Å²) < 4.78 is 30.8. The smallest absolute Gasteiger partial charge is 0.266 e. The summed E-state index contributed by atoms with van der Waals surface area (Å²) in [4.78, 5) is 8.46. The standard InChI is InChI=1S/C18H16BrN7O2S/c19-13-16(25-15(24-13)14(21)22-11-23-25)26(18-7-6-17(8-18,9-18)10-20)29(27,28)12-4-2-1-3-5-12/h1-5,11H,6-9H2,(H2,21,22,23). The Morgan fingerprint density at radius 2 is 1.97 bits per heavy atom. The first kappa shape index (κ1) is 18.3. The van der Waals surface area contributed by atoms with Crippen molar-refractivity contribution in [3.63, 3.8) is 0 Å². The van der Waals surface area contributed by atoms with E-state index in [1.54, 1.807) is 30.3 Å². The predicted molar refractivity (Wildman–Crippen MR) is 108 cm³/mol. The molecule has 3 aliphatic rings. The van der Waals surface area contributed by atoms with Gasteiger partial charge in [-0.2, -0.15) is 14.9 Å². The van der Waals surface area contributed by atoms with Crippen LogP contribution in [-0.4, -0.2) is 33.5 Å². The van der Waals surface area contributed by atoms with Gasteiger partial charge in [-0.15, -0.1) is 0 Å². The molecule has 2 aromatic heterocycles. The molecule has 6 rings (SSSR count). The molecule has 11 heteroatoms. The van der Waals surface area contributed by atoms with Crippen molar-refractivity contribution in [2.24, 2.45) is 5.41 Å². The minimum atomic E-state index is -3.96. The molecule has 0 amide bonds. The number of sulfonamides is 1. The Kier molecular flexibility index (Phi) is 3.73. The molecule has 2 heterocycles. The van der Waals surface area contributed by atoms with Crippen molar-refractivity contribution in [3.8, 4) is 6.07 Å². The Hall–Kier alpha value is -2.71. The van der Waals surface area contributed by atoms with E-state index < -0.39 is 21.0 Å². The number of imidazole rings is 1. The normalized spacial score (nSPS) is 25.5. The summed E-state index contributed by atoms with van der Waals surface area (Å²) in [7, 11) is -3.96. The summed E-state index contributed by atoms with van der Waals surface area (Å²) in [5.41, 5.74) is 5.03. The fraction of sp³-hybridized carbons (Fsp3) is 0.333. The number of nitriles is 1. The highest BCUT2D eigenvalue weighted by atomic mass is 79.9. The molecule has 3 aliphatic carbocycles. The molecule has 3 fully saturated rings. The molecule has 0 spiro atoms. The summed E-state index contributed by atoms with van der Waals surface area (Å²) in [6, 6.07) is 10.6. The van der Waals surface area contributed by atoms with E-state index in [0.717, 1.165) is 0 Å². The van der Waals surface area contributed by atoms with Gasteiger partial charge < -0.3 is 5.73 Å². The number of nitrogens with two attached hydrogens (primary N) is 1. The van der Waals surface area contributed by atoms with Gasteiger partial charge in [0.05, 0.1) is 21.9 Å². The molecular formula is C18H16BrN7O2S. The maximum atomic E-state index is 13.8. The van der Waals surface area contributed by atoms with Gasteiger partial charge in [-0.3, -0.25) is 0 Å². The molecule has 0 saturated heterocycles. The minimum Gasteiger partial charge on any atom is -0.381 e. The monoisotopic (exact) mass is 473 g/mol. The highest BCUT2D eigenvalue weighted by Crippen LogP contribution is 2.65. The molecule has 29 heavy (non-hydrogen) atoms. The van der Waals surface area contributed by atoms with Crippen LogP contribution in [0.15, 0.2) is 46.2 Å². The number of rotatable bonds is 4. The van der Waals surface area contributed by atoms with Crippen molar-refractivity contribution in [1.29, 1.82) is 5.26 Å². The van der Waals surface area contributed by atoms with Crippen molar-refractivity contribution >= 4 is 43.2 Å². The van der Waals surface area contributed by atoms with E-state index >= 15 is 0 Å². The lowest BCUT2D eigenvalue weighted by atomic mass is 9.66. The van der Waals surface area contributed by atoms with E-state index in [0.29, 0.717) is 30.3 Å². The Bertz CT molecular complexity index is 1280. The highest BCUT2D eigenvalue weighted by molar-refractivity contribution is 9.10. The molecule has 0 atom stereocenters. The quantitative estimate of drug-likeness (QED) is 0.615. The number of nitrogens with zero attached hydrogens (tertiary/aromatic N) is 6. The van der Waals surface area contributed by atoms with Crippen molar-refractivity contribution < 1.29 is 8.42 Å². The third-order valence-corrected chi connectivity index (χ3v) is 8.37. The van der Waals surface area contributed by atoms with E-state index in [4.69, 9.17) is 5.73 Å². The second kappa shape index (κ2) is 5.90. The Morgan fingerprint density at radius 1 is 1.24 bits per heavy atom. The maximum absolute atomic E-state index is 13.8. The van der Waals surface area contributed by atoms with Crippen LogP contribution in [0.4, 0.5) is 11.6 Å². The number of hydrogen-bond acceptors (Lipinski definition) is 7. The molecule has 148 valence electrons. The van der Waals surface area contributed by atoms with Gasteiger partial charge in [0.15, 0.2) is 21.9 Å². The SMILES string of the molecule is N#CC12CCC(N(c3c(Br)nc4c(N)ncnn34)S(=O)(=O)c3ccccc3)(C1)C2. The first-order valence-electron chi connectivity index (χ1n) is 8.98. The third-order valence-electron chi connectivity index (χ3n) is 5.93. The maximum Gasteiger partial charge on any atom is 0.266 e. The second-order valence-corrected chi connectivity index (χ2v) is 10.2. The lowest BCUT2D eigenvalue weighted by Crippen LogP contribution is -2.58. The van der Waals surface area contributed by atoms with Crippen LogP contribution < -0.4 is 10.0 Å².